The molecule has 3 fully saturated rings. The zero-order chi connectivity index (χ0) is 63.2. The number of nitrogens with zero attached hydrogens (tertiary/aromatic N) is 3. The molecule has 0 spiro atoms. The van der Waals surface area contributed by atoms with Gasteiger partial charge in [0.25, 0.3) is 0 Å². The summed E-state index contributed by atoms with van der Waals surface area (Å²) in [5.74, 6) is -2.19. The van der Waals surface area contributed by atoms with Crippen LogP contribution in [0, 0.1) is 11.8 Å². The van der Waals surface area contributed by atoms with Crippen molar-refractivity contribution in [2.24, 2.45) is 17.0 Å². The number of carbonyl (C=O) groups excluding carboxylic acids is 5. The average Bonchev–Trinajstić information content (AvgIpc) is 2.14. The third-order valence-electron chi connectivity index (χ3n) is 15.3. The number of aliphatic hydroxyl groups is 6. The fourth-order valence-electron chi connectivity index (χ4n) is 10.6. The second-order valence-corrected chi connectivity index (χ2v) is 21.7. The van der Waals surface area contributed by atoms with Crippen molar-refractivity contribution >= 4 is 30.2 Å². The number of carbonyl (C=O) groups is 5. The highest BCUT2D eigenvalue weighted by molar-refractivity contribution is 5.83. The number of benzene rings is 4. The van der Waals surface area contributed by atoms with Crippen molar-refractivity contribution in [3.63, 3.8) is 0 Å². The topological polar surface area (TPSA) is 396 Å². The van der Waals surface area contributed by atoms with Gasteiger partial charge in [-0.3, -0.25) is 4.79 Å². The Balaban J connectivity index is 1.01. The zero-order valence-corrected chi connectivity index (χ0v) is 48.6. The van der Waals surface area contributed by atoms with Gasteiger partial charge in [0, 0.05) is 24.4 Å². The minimum Gasteiger partial charge on any atom is -0.467 e. The molecular formula is C61H75N7O21. The van der Waals surface area contributed by atoms with Crippen LogP contribution in [-0.2, 0) is 78.6 Å². The van der Waals surface area contributed by atoms with Crippen LogP contribution in [0.25, 0.3) is 10.4 Å². The maximum absolute atomic E-state index is 13.8. The Labute approximate surface area is 511 Å². The smallest absolute Gasteiger partial charge is 0.407 e. The lowest BCUT2D eigenvalue weighted by atomic mass is 9.74. The molecule has 8 rings (SSSR count). The number of ketones is 1. The molecule has 0 bridgehead atoms. The van der Waals surface area contributed by atoms with Crippen LogP contribution >= 0.6 is 0 Å². The number of amides is 4. The van der Waals surface area contributed by atoms with E-state index in [0.717, 1.165) is 5.56 Å². The summed E-state index contributed by atoms with van der Waals surface area (Å²) in [6.45, 7) is -0.439. The highest BCUT2D eigenvalue weighted by Gasteiger charge is 2.55. The van der Waals surface area contributed by atoms with Crippen molar-refractivity contribution in [2.75, 3.05) is 26.2 Å². The number of rotatable bonds is 27. The maximum Gasteiger partial charge on any atom is 0.407 e. The molecule has 480 valence electrons. The van der Waals surface area contributed by atoms with E-state index in [9.17, 15) is 54.6 Å². The first-order valence-electron chi connectivity index (χ1n) is 29.1. The van der Waals surface area contributed by atoms with E-state index in [1.54, 1.807) is 128 Å². The molecule has 4 aromatic rings. The van der Waals surface area contributed by atoms with E-state index in [-0.39, 0.29) is 64.5 Å². The lowest BCUT2D eigenvalue weighted by molar-refractivity contribution is -0.288. The third-order valence-corrected chi connectivity index (χ3v) is 15.3. The Morgan fingerprint density at radius 1 is 0.618 bits per heavy atom. The van der Waals surface area contributed by atoms with Crippen LogP contribution in [-0.4, -0.2) is 179 Å². The van der Waals surface area contributed by atoms with Crippen molar-refractivity contribution in [1.82, 2.24) is 21.3 Å². The first kappa shape index (κ1) is 67.0. The molecule has 28 heteroatoms. The Kier molecular flexibility index (Phi) is 25.3. The normalized spacial score (nSPS) is 28.5. The number of ether oxygens (including phenoxy) is 10. The lowest BCUT2D eigenvalue weighted by Crippen LogP contribution is -2.66. The van der Waals surface area contributed by atoms with E-state index in [1.165, 1.54) is 0 Å². The number of hydrogen-bond donors (Lipinski definition) is 10. The van der Waals surface area contributed by atoms with Crippen LogP contribution in [0.15, 0.2) is 138 Å². The van der Waals surface area contributed by atoms with Crippen LogP contribution in [0.3, 0.4) is 0 Å². The largest absolute Gasteiger partial charge is 0.467 e. The Hall–Kier alpha value is -7.96. The summed E-state index contributed by atoms with van der Waals surface area (Å²) in [6.07, 6.45) is -23.9. The summed E-state index contributed by atoms with van der Waals surface area (Å²) < 4.78 is 59.4. The Bertz CT molecular complexity index is 2970. The lowest BCUT2D eigenvalue weighted by Gasteiger charge is -2.46. The molecule has 10 N–H and O–H groups in total. The molecule has 3 aliphatic heterocycles. The van der Waals surface area contributed by atoms with Gasteiger partial charge in [0.05, 0.1) is 31.4 Å². The Morgan fingerprint density at radius 2 is 1.12 bits per heavy atom. The van der Waals surface area contributed by atoms with E-state index >= 15 is 0 Å². The fraction of sp³-hybridized carbons (Fsp3) is 0.492. The number of Topliss-reactive ketones (excluding diaryl/α,β-unsaturated/α-hetero) is 1. The quantitative estimate of drug-likeness (QED) is 0.0176. The van der Waals surface area contributed by atoms with Crippen molar-refractivity contribution in [2.45, 2.75) is 151 Å². The van der Waals surface area contributed by atoms with E-state index in [2.05, 4.69) is 31.3 Å². The summed E-state index contributed by atoms with van der Waals surface area (Å²) in [4.78, 5) is 68.6. The molecule has 4 amide bonds. The van der Waals surface area contributed by atoms with Crippen molar-refractivity contribution in [3.05, 3.63) is 166 Å². The second-order valence-electron chi connectivity index (χ2n) is 21.7. The SMILES string of the molecule is C[C@H]1C[C@@H](CC(=O)[C@@H](O)CCNC(=O)OCc2ccccc2)[C@H](O)[C@@H](O[C@@H]2O[C@H](CO)[C@@H](O[C@H]3O[C@@H](CNC(=O)OCc4ccccc4)[C@@H](O)[C@H](O)[C@H]3NC(=O)OCc3ccccc3)[C@H]2O)[C@@H]1O[C@H]1OC(CN=[N+]=[N-])=CC[C@H]1NC(=O)OCc1ccccc1. The molecule has 4 aliphatic rings. The molecular weight excluding hydrogens is 1170 g/mol. The van der Waals surface area contributed by atoms with E-state index in [1.807, 2.05) is 6.07 Å². The van der Waals surface area contributed by atoms with E-state index < -0.39 is 154 Å². The Morgan fingerprint density at radius 3 is 1.67 bits per heavy atom. The predicted molar refractivity (Wildman–Crippen MR) is 309 cm³/mol. The van der Waals surface area contributed by atoms with Gasteiger partial charge in [-0.05, 0) is 65.0 Å². The van der Waals surface area contributed by atoms with Gasteiger partial charge in [0.2, 0.25) is 6.29 Å². The van der Waals surface area contributed by atoms with Gasteiger partial charge >= 0.3 is 24.4 Å². The average molecular weight is 1240 g/mol. The number of hydrogen-bond acceptors (Lipinski definition) is 22. The van der Waals surface area contributed by atoms with E-state index in [4.69, 9.17) is 52.9 Å². The summed E-state index contributed by atoms with van der Waals surface area (Å²) in [6, 6.07) is 32.6. The number of aliphatic hydroxyl groups excluding tert-OH is 6. The minimum atomic E-state index is -1.92. The zero-order valence-electron chi connectivity index (χ0n) is 48.6. The van der Waals surface area contributed by atoms with Gasteiger partial charge in [-0.25, -0.2) is 19.2 Å². The van der Waals surface area contributed by atoms with Gasteiger partial charge in [-0.2, -0.15) is 0 Å². The first-order chi connectivity index (χ1) is 43.1. The van der Waals surface area contributed by atoms with Gasteiger partial charge in [-0.15, -0.1) is 0 Å². The van der Waals surface area contributed by atoms with Crippen LogP contribution < -0.4 is 21.3 Å². The number of azide groups is 1. The van der Waals surface area contributed by atoms with Gasteiger partial charge in [0.15, 0.2) is 18.4 Å². The van der Waals surface area contributed by atoms with Crippen molar-refractivity contribution < 1.29 is 102 Å². The van der Waals surface area contributed by atoms with Crippen LogP contribution in [0.5, 0.6) is 0 Å². The first-order valence-corrected chi connectivity index (χ1v) is 29.1. The van der Waals surface area contributed by atoms with Crippen molar-refractivity contribution in [3.8, 4) is 0 Å². The summed E-state index contributed by atoms with van der Waals surface area (Å²) in [7, 11) is 0. The maximum atomic E-state index is 13.8. The standard InChI is InChI=1S/C61H75N7O21/c1-35-26-40(27-44(71)43(70)24-25-63-58(76)80-31-36-14-6-2-7-15-36)48(72)54(52(35)87-55-42(23-22-41(84-55)28-65-68-62)66-60(78)82-33-38-18-10-4-11-19-38)89-57-51(75)53(46(30-69)86-57)88-56-47(67-61(79)83-34-39-20-12-5-13-21-39)50(74)49(73)45(85-56)29-64-59(77)81-32-37-16-8-3-9-17-37/h2-22,35,40,42-43,45-57,69-70,72-75H,23-34H2,1H3,(H,63,76)(H,64,77)(H,66,78)(H,67,79)/t35-,40-,42+,43-,45-,46+,47+,48-,49+,50+,51+,52+,53+,54+,55+,56+,57-/m0/s1. The monoisotopic (exact) mass is 1240 g/mol. The predicted octanol–water partition coefficient (Wildman–Crippen LogP) is 3.78. The van der Waals surface area contributed by atoms with Crippen molar-refractivity contribution in [1.29, 1.82) is 0 Å². The van der Waals surface area contributed by atoms with Gasteiger partial charge < -0.3 is 99.3 Å². The molecule has 0 unspecified atom stereocenters. The molecule has 3 heterocycles. The summed E-state index contributed by atoms with van der Waals surface area (Å²) >= 11 is 0. The third kappa shape index (κ3) is 19.5. The van der Waals surface area contributed by atoms with E-state index in [0.29, 0.717) is 16.7 Å². The molecule has 2 saturated heterocycles. The van der Waals surface area contributed by atoms with Crippen LogP contribution in [0.2, 0.25) is 0 Å². The molecule has 1 aliphatic carbocycles. The van der Waals surface area contributed by atoms with Crippen LogP contribution in [0.1, 0.15) is 54.9 Å². The summed E-state index contributed by atoms with van der Waals surface area (Å²) in [5, 5.41) is 83.4. The van der Waals surface area contributed by atoms with Crippen LogP contribution in [0.4, 0.5) is 19.2 Å². The highest BCUT2D eigenvalue weighted by Crippen LogP contribution is 2.40. The minimum absolute atomic E-state index is 0.0125. The number of nitrogens with one attached hydrogen (secondary N) is 4. The molecule has 0 radical (unpaired) electrons. The molecule has 17 atom stereocenters. The number of alkyl carbamates (subject to hydrolysis) is 4. The molecule has 4 aromatic carbocycles. The van der Waals surface area contributed by atoms with Gasteiger partial charge in [-0.1, -0.05) is 133 Å². The fourth-order valence-corrected chi connectivity index (χ4v) is 10.6. The summed E-state index contributed by atoms with van der Waals surface area (Å²) in [5.41, 5.74) is 11.9. The highest BCUT2D eigenvalue weighted by atomic mass is 16.8. The molecule has 1 saturated carbocycles. The molecule has 0 aromatic heterocycles. The van der Waals surface area contributed by atoms with Gasteiger partial charge in [0.1, 0.15) is 87.1 Å². The second kappa shape index (κ2) is 33.6. The molecule has 89 heavy (non-hydrogen) atoms. The molecule has 28 nitrogen and oxygen atoms in total.